The van der Waals surface area contributed by atoms with E-state index in [-0.39, 0.29) is 34.6 Å². The molecule has 0 radical (unpaired) electrons. The predicted molar refractivity (Wildman–Crippen MR) is 127 cm³/mol. The number of ketones is 1. The van der Waals surface area contributed by atoms with Gasteiger partial charge in [0, 0.05) is 26.2 Å². The highest BCUT2D eigenvalue weighted by molar-refractivity contribution is 7.92. The van der Waals surface area contributed by atoms with Gasteiger partial charge in [-0.1, -0.05) is 0 Å². The largest absolute Gasteiger partial charge is 0.490 e. The molecule has 0 unspecified atom stereocenters. The molecule has 1 heterocycles. The Balaban J connectivity index is 1.45. The second-order valence-electron chi connectivity index (χ2n) is 9.42. The second kappa shape index (κ2) is 10.0. The molecule has 196 valence electrons. The first-order valence-electron chi connectivity index (χ1n) is 11.8. The summed E-state index contributed by atoms with van der Waals surface area (Å²) in [7, 11) is -3.49. The summed E-state index contributed by atoms with van der Waals surface area (Å²) in [6.45, 7) is 5.03. The highest BCUT2D eigenvalue weighted by Crippen LogP contribution is 2.36. The minimum absolute atomic E-state index is 0.00468. The molecule has 0 amide bonds. The molecule has 2 fully saturated rings. The number of alkyl halides is 3. The Bertz CT molecular complexity index is 1240. The molecule has 2 aliphatic rings. The Labute approximate surface area is 207 Å². The fourth-order valence-corrected chi connectivity index (χ4v) is 5.89. The van der Waals surface area contributed by atoms with Crippen LogP contribution < -0.4 is 9.64 Å². The van der Waals surface area contributed by atoms with Gasteiger partial charge in [-0.25, -0.2) is 12.8 Å². The number of halogens is 4. The lowest BCUT2D eigenvalue weighted by Gasteiger charge is -2.36. The van der Waals surface area contributed by atoms with Gasteiger partial charge in [-0.2, -0.15) is 13.2 Å². The Morgan fingerprint density at radius 3 is 2.28 bits per heavy atom. The van der Waals surface area contributed by atoms with Crippen LogP contribution in [-0.4, -0.2) is 63.2 Å². The SMILES string of the molecule is CC(C)Oc1ccc(S(=O)(=O)C2CC2)cc1C(=O)CN1CCN(c2ccc(C(F)(F)F)cc2F)CC1. The monoisotopic (exact) mass is 528 g/mol. The van der Waals surface area contributed by atoms with Crippen LogP contribution in [0.3, 0.4) is 0 Å². The van der Waals surface area contributed by atoms with Crippen molar-refractivity contribution in [3.63, 3.8) is 0 Å². The molecule has 6 nitrogen and oxygen atoms in total. The first-order valence-corrected chi connectivity index (χ1v) is 13.3. The molecule has 36 heavy (non-hydrogen) atoms. The lowest BCUT2D eigenvalue weighted by molar-refractivity contribution is -0.137. The van der Waals surface area contributed by atoms with Crippen molar-refractivity contribution in [3.8, 4) is 5.75 Å². The number of benzene rings is 2. The van der Waals surface area contributed by atoms with Crippen molar-refractivity contribution in [3.05, 3.63) is 53.3 Å². The quantitative estimate of drug-likeness (QED) is 0.369. The third-order valence-corrected chi connectivity index (χ3v) is 8.52. The minimum atomic E-state index is -4.62. The van der Waals surface area contributed by atoms with Gasteiger partial charge in [0.05, 0.1) is 39.6 Å². The Kier molecular flexibility index (Phi) is 7.34. The third-order valence-electron chi connectivity index (χ3n) is 6.26. The number of Topliss-reactive ketones (excluding diaryl/α,β-unsaturated/α-hetero) is 1. The highest BCUT2D eigenvalue weighted by atomic mass is 32.2. The molecule has 0 aromatic heterocycles. The van der Waals surface area contributed by atoms with Crippen molar-refractivity contribution in [2.75, 3.05) is 37.6 Å². The molecule has 1 saturated carbocycles. The molecular weight excluding hydrogens is 500 g/mol. The number of anilines is 1. The van der Waals surface area contributed by atoms with Crippen molar-refractivity contribution in [2.45, 2.75) is 49.1 Å². The van der Waals surface area contributed by atoms with Crippen LogP contribution in [0.4, 0.5) is 23.2 Å². The number of carbonyl (C=O) groups excluding carboxylic acids is 1. The van der Waals surface area contributed by atoms with Gasteiger partial charge < -0.3 is 9.64 Å². The number of carbonyl (C=O) groups is 1. The summed E-state index contributed by atoms with van der Waals surface area (Å²) in [5, 5.41) is -0.406. The first-order chi connectivity index (χ1) is 16.9. The molecule has 2 aromatic carbocycles. The molecule has 11 heteroatoms. The van der Waals surface area contributed by atoms with Crippen LogP contribution in [-0.2, 0) is 16.0 Å². The van der Waals surface area contributed by atoms with Gasteiger partial charge >= 0.3 is 6.18 Å². The van der Waals surface area contributed by atoms with E-state index in [1.807, 2.05) is 18.7 Å². The molecule has 0 N–H and O–H groups in total. The average Bonchev–Trinajstić information content (AvgIpc) is 3.65. The smallest absolute Gasteiger partial charge is 0.416 e. The topological polar surface area (TPSA) is 66.9 Å². The lowest BCUT2D eigenvalue weighted by atomic mass is 10.1. The van der Waals surface area contributed by atoms with Crippen LogP contribution in [0.5, 0.6) is 5.75 Å². The van der Waals surface area contributed by atoms with Crippen LogP contribution in [0.15, 0.2) is 41.3 Å². The minimum Gasteiger partial charge on any atom is -0.490 e. The normalized spacial score (nSPS) is 17.5. The summed E-state index contributed by atoms with van der Waals surface area (Å²) < 4.78 is 84.0. The van der Waals surface area contributed by atoms with E-state index >= 15 is 0 Å². The fraction of sp³-hybridized carbons (Fsp3) is 0.480. The maximum absolute atomic E-state index is 14.4. The summed E-state index contributed by atoms with van der Waals surface area (Å²) in [4.78, 5) is 16.8. The van der Waals surface area contributed by atoms with Crippen molar-refractivity contribution < 1.29 is 35.5 Å². The van der Waals surface area contributed by atoms with Gasteiger partial charge in [0.25, 0.3) is 0 Å². The van der Waals surface area contributed by atoms with E-state index in [1.54, 1.807) is 4.90 Å². The van der Waals surface area contributed by atoms with Crippen LogP contribution in [0.25, 0.3) is 0 Å². The summed E-state index contributed by atoms with van der Waals surface area (Å²) in [5.41, 5.74) is -0.764. The number of nitrogens with zero attached hydrogens (tertiary/aromatic N) is 2. The van der Waals surface area contributed by atoms with E-state index in [4.69, 9.17) is 4.74 Å². The summed E-state index contributed by atoms with van der Waals surface area (Å²) in [6, 6.07) is 6.85. The zero-order valence-corrected chi connectivity index (χ0v) is 20.8. The number of hydrogen-bond donors (Lipinski definition) is 0. The number of rotatable bonds is 8. The molecule has 2 aromatic rings. The lowest BCUT2D eigenvalue weighted by Crippen LogP contribution is -2.48. The first kappa shape index (κ1) is 26.4. The highest BCUT2D eigenvalue weighted by Gasteiger charge is 2.37. The number of sulfone groups is 1. The maximum Gasteiger partial charge on any atom is 0.416 e. The Morgan fingerprint density at radius 1 is 1.06 bits per heavy atom. The zero-order chi connectivity index (χ0) is 26.3. The molecule has 1 aliphatic carbocycles. The van der Waals surface area contributed by atoms with E-state index in [2.05, 4.69) is 0 Å². The van der Waals surface area contributed by atoms with Gasteiger partial charge in [0.2, 0.25) is 0 Å². The standard InChI is InChI=1S/C25H28F4N2O4S/c1-16(2)35-24-8-6-19(36(33,34)18-4-5-18)14-20(24)23(32)15-30-9-11-31(12-10-30)22-7-3-17(13-21(22)26)25(27,28)29/h3,6-8,13-14,16,18H,4-5,9-12,15H2,1-2H3. The molecular formula is C25H28F4N2O4S. The molecule has 1 aliphatic heterocycles. The Morgan fingerprint density at radius 2 is 1.72 bits per heavy atom. The molecule has 0 bridgehead atoms. The van der Waals surface area contributed by atoms with Crippen molar-refractivity contribution in [1.29, 1.82) is 0 Å². The Hall–Kier alpha value is -2.66. The van der Waals surface area contributed by atoms with E-state index in [9.17, 15) is 30.8 Å². The van der Waals surface area contributed by atoms with Crippen LogP contribution in [0.2, 0.25) is 0 Å². The summed E-state index contributed by atoms with van der Waals surface area (Å²) >= 11 is 0. The van der Waals surface area contributed by atoms with E-state index < -0.39 is 32.6 Å². The zero-order valence-electron chi connectivity index (χ0n) is 20.0. The predicted octanol–water partition coefficient (Wildman–Crippen LogP) is 4.57. The van der Waals surface area contributed by atoms with Crippen molar-refractivity contribution >= 4 is 21.3 Å². The van der Waals surface area contributed by atoms with Crippen molar-refractivity contribution in [2.24, 2.45) is 0 Å². The van der Waals surface area contributed by atoms with Crippen LogP contribution in [0.1, 0.15) is 42.6 Å². The van der Waals surface area contributed by atoms with Crippen LogP contribution in [0, 0.1) is 5.82 Å². The number of hydrogen-bond acceptors (Lipinski definition) is 6. The second-order valence-corrected chi connectivity index (χ2v) is 11.6. The van der Waals surface area contributed by atoms with E-state index in [0.29, 0.717) is 50.8 Å². The molecule has 0 spiro atoms. The van der Waals surface area contributed by atoms with Gasteiger partial charge in [0.15, 0.2) is 15.6 Å². The van der Waals surface area contributed by atoms with Crippen LogP contribution >= 0.6 is 0 Å². The summed E-state index contributed by atoms with van der Waals surface area (Å²) in [5.74, 6) is -0.929. The average molecular weight is 529 g/mol. The van der Waals surface area contributed by atoms with Gasteiger partial charge in [0.1, 0.15) is 11.6 Å². The van der Waals surface area contributed by atoms with Gasteiger partial charge in [-0.3, -0.25) is 9.69 Å². The third kappa shape index (κ3) is 5.83. The van der Waals surface area contributed by atoms with Gasteiger partial charge in [-0.15, -0.1) is 0 Å². The number of piperazine rings is 1. The van der Waals surface area contributed by atoms with E-state index in [1.165, 1.54) is 18.2 Å². The fourth-order valence-electron chi connectivity index (χ4n) is 4.21. The van der Waals surface area contributed by atoms with Crippen molar-refractivity contribution in [1.82, 2.24) is 4.90 Å². The molecule has 4 rings (SSSR count). The summed E-state index contributed by atoms with van der Waals surface area (Å²) in [6.07, 6.45) is -3.62. The maximum atomic E-state index is 14.4. The van der Waals surface area contributed by atoms with Gasteiger partial charge in [-0.05, 0) is 63.1 Å². The van der Waals surface area contributed by atoms with E-state index in [0.717, 1.165) is 12.1 Å². The number of ether oxygens (including phenoxy) is 1. The molecule has 0 atom stereocenters. The molecule has 1 saturated heterocycles.